The van der Waals surface area contributed by atoms with E-state index in [1.54, 1.807) is 0 Å². The van der Waals surface area contributed by atoms with Crippen LogP contribution in [0, 0.1) is 6.92 Å². The first kappa shape index (κ1) is 14.1. The Morgan fingerprint density at radius 3 is 2.39 bits per heavy atom. The Labute approximate surface area is 100 Å². The zero-order valence-electron chi connectivity index (χ0n) is 9.79. The molecule has 100 valence electrons. The van der Waals surface area contributed by atoms with Gasteiger partial charge in [0, 0.05) is 5.56 Å². The predicted molar refractivity (Wildman–Crippen MR) is 53.5 cm³/mol. The van der Waals surface area contributed by atoms with Crippen molar-refractivity contribution in [3.8, 4) is 11.6 Å². The van der Waals surface area contributed by atoms with Crippen LogP contribution in [0.15, 0.2) is 6.20 Å². The average Bonchev–Trinajstić information content (AvgIpc) is 2.29. The molecule has 0 aliphatic rings. The highest BCUT2D eigenvalue weighted by Crippen LogP contribution is 2.31. The van der Waals surface area contributed by atoms with Gasteiger partial charge >= 0.3 is 12.3 Å². The van der Waals surface area contributed by atoms with Gasteiger partial charge in [0.1, 0.15) is 5.56 Å². The van der Waals surface area contributed by atoms with Crippen molar-refractivity contribution in [3.05, 3.63) is 17.3 Å². The number of carbonyl (C=O) groups excluding carboxylic acids is 1. The lowest BCUT2D eigenvalue weighted by Gasteiger charge is -2.14. The van der Waals surface area contributed by atoms with Gasteiger partial charge in [-0.3, -0.25) is 0 Å². The number of hydrogen-bond acceptors (Lipinski definition) is 5. The van der Waals surface area contributed by atoms with Crippen LogP contribution in [0.3, 0.4) is 0 Å². The predicted octanol–water partition coefficient (Wildman–Crippen LogP) is 2.08. The molecule has 8 heteroatoms. The maximum absolute atomic E-state index is 12.1. The van der Waals surface area contributed by atoms with Crippen molar-refractivity contribution in [1.29, 1.82) is 0 Å². The van der Waals surface area contributed by atoms with Gasteiger partial charge in [-0.05, 0) is 6.92 Å². The topological polar surface area (TPSA) is 57.7 Å². The van der Waals surface area contributed by atoms with Crippen LogP contribution in [0.25, 0.3) is 0 Å². The maximum atomic E-state index is 12.1. The van der Waals surface area contributed by atoms with Gasteiger partial charge in [0.25, 0.3) is 0 Å². The molecule has 0 fully saturated rings. The van der Waals surface area contributed by atoms with Gasteiger partial charge in [-0.1, -0.05) is 0 Å². The molecule has 0 spiro atoms. The van der Waals surface area contributed by atoms with Crippen molar-refractivity contribution in [3.63, 3.8) is 0 Å². The standard InChI is InChI=1S/C10H10F3NO4/c1-5-6(18-10(11,12)13)4-14-8(16-2)7(5)9(15)17-3/h4H,1-3H3. The number of pyridine rings is 1. The molecule has 0 amide bonds. The van der Waals surface area contributed by atoms with E-state index < -0.39 is 18.1 Å². The minimum Gasteiger partial charge on any atom is -0.480 e. The molecule has 5 nitrogen and oxygen atoms in total. The van der Waals surface area contributed by atoms with E-state index >= 15 is 0 Å². The highest BCUT2D eigenvalue weighted by molar-refractivity contribution is 5.94. The summed E-state index contributed by atoms with van der Waals surface area (Å²) in [5, 5.41) is 0. The minimum atomic E-state index is -4.87. The summed E-state index contributed by atoms with van der Waals surface area (Å²) in [6.45, 7) is 1.28. The fraction of sp³-hybridized carbons (Fsp3) is 0.400. The molecule has 18 heavy (non-hydrogen) atoms. The zero-order valence-corrected chi connectivity index (χ0v) is 9.79. The lowest BCUT2D eigenvalue weighted by atomic mass is 10.1. The van der Waals surface area contributed by atoms with E-state index in [0.29, 0.717) is 0 Å². The molecular formula is C10H10F3NO4. The van der Waals surface area contributed by atoms with Crippen molar-refractivity contribution in [2.24, 2.45) is 0 Å². The van der Waals surface area contributed by atoms with Crippen LogP contribution >= 0.6 is 0 Å². The first-order valence-electron chi connectivity index (χ1n) is 4.67. The molecule has 0 unspecified atom stereocenters. The van der Waals surface area contributed by atoms with E-state index in [1.165, 1.54) is 14.0 Å². The molecule has 1 rings (SSSR count). The quantitative estimate of drug-likeness (QED) is 0.783. The van der Waals surface area contributed by atoms with Gasteiger partial charge in [-0.15, -0.1) is 13.2 Å². The molecule has 1 aromatic rings. The molecule has 0 aliphatic carbocycles. The Morgan fingerprint density at radius 2 is 1.94 bits per heavy atom. The van der Waals surface area contributed by atoms with E-state index in [0.717, 1.165) is 13.3 Å². The van der Waals surface area contributed by atoms with Crippen LogP contribution in [0.5, 0.6) is 11.6 Å². The van der Waals surface area contributed by atoms with Crippen LogP contribution in [-0.2, 0) is 4.74 Å². The summed E-state index contributed by atoms with van der Waals surface area (Å²) in [6.07, 6.45) is -4.04. The number of rotatable bonds is 3. The molecule has 0 N–H and O–H groups in total. The normalized spacial score (nSPS) is 11.0. The van der Waals surface area contributed by atoms with E-state index in [1.807, 2.05) is 0 Å². The smallest absolute Gasteiger partial charge is 0.480 e. The average molecular weight is 265 g/mol. The van der Waals surface area contributed by atoms with E-state index in [2.05, 4.69) is 14.5 Å². The first-order chi connectivity index (χ1) is 8.30. The molecule has 0 radical (unpaired) electrons. The number of halogens is 3. The molecule has 0 aromatic carbocycles. The van der Waals surface area contributed by atoms with E-state index in [9.17, 15) is 18.0 Å². The number of hydrogen-bond donors (Lipinski definition) is 0. The number of esters is 1. The van der Waals surface area contributed by atoms with Crippen LogP contribution in [0.2, 0.25) is 0 Å². The third-order valence-corrected chi connectivity index (χ3v) is 2.07. The summed E-state index contributed by atoms with van der Waals surface area (Å²) in [5.74, 6) is -1.57. The second kappa shape index (κ2) is 5.11. The second-order valence-corrected chi connectivity index (χ2v) is 3.17. The number of alkyl halides is 3. The van der Waals surface area contributed by atoms with E-state index in [-0.39, 0.29) is 17.0 Å². The molecule has 1 aromatic heterocycles. The Balaban J connectivity index is 3.30. The monoisotopic (exact) mass is 265 g/mol. The highest BCUT2D eigenvalue weighted by atomic mass is 19.4. The van der Waals surface area contributed by atoms with Gasteiger partial charge in [-0.25, -0.2) is 9.78 Å². The van der Waals surface area contributed by atoms with Gasteiger partial charge in [0.15, 0.2) is 5.75 Å². The largest absolute Gasteiger partial charge is 0.573 e. The number of methoxy groups -OCH3 is 2. The Bertz CT molecular complexity index is 459. The number of aromatic nitrogens is 1. The molecule has 0 aliphatic heterocycles. The van der Waals surface area contributed by atoms with Crippen LogP contribution in [-0.4, -0.2) is 31.5 Å². The van der Waals surface area contributed by atoms with Crippen molar-refractivity contribution in [2.75, 3.05) is 14.2 Å². The third kappa shape index (κ3) is 3.02. The van der Waals surface area contributed by atoms with Crippen LogP contribution in [0.1, 0.15) is 15.9 Å². The lowest BCUT2D eigenvalue weighted by molar-refractivity contribution is -0.275. The van der Waals surface area contributed by atoms with Gasteiger partial charge in [0.2, 0.25) is 5.88 Å². The molecular weight excluding hydrogens is 255 g/mol. The summed E-state index contributed by atoms with van der Waals surface area (Å²) in [5.41, 5.74) is -0.271. The van der Waals surface area contributed by atoms with E-state index in [4.69, 9.17) is 4.74 Å². The van der Waals surface area contributed by atoms with Gasteiger partial charge in [-0.2, -0.15) is 0 Å². The molecule has 0 saturated heterocycles. The fourth-order valence-electron chi connectivity index (χ4n) is 1.29. The minimum absolute atomic E-state index is 0.0639. The molecule has 1 heterocycles. The number of nitrogens with zero attached hydrogens (tertiary/aromatic N) is 1. The van der Waals surface area contributed by atoms with Crippen molar-refractivity contribution < 1.29 is 32.2 Å². The maximum Gasteiger partial charge on any atom is 0.573 e. The SMILES string of the molecule is COC(=O)c1c(OC)ncc(OC(F)(F)F)c1C. The molecule has 0 bridgehead atoms. The van der Waals surface area contributed by atoms with Gasteiger partial charge < -0.3 is 14.2 Å². The lowest BCUT2D eigenvalue weighted by Crippen LogP contribution is -2.19. The summed E-state index contributed by atoms with van der Waals surface area (Å²) in [6, 6.07) is 0. The Kier molecular flexibility index (Phi) is 4.00. The Hall–Kier alpha value is -1.99. The Morgan fingerprint density at radius 1 is 1.33 bits per heavy atom. The van der Waals surface area contributed by atoms with Crippen molar-refractivity contribution in [2.45, 2.75) is 13.3 Å². The second-order valence-electron chi connectivity index (χ2n) is 3.17. The zero-order chi connectivity index (χ0) is 13.9. The first-order valence-corrected chi connectivity index (χ1v) is 4.67. The fourth-order valence-corrected chi connectivity index (χ4v) is 1.29. The molecule has 0 saturated carbocycles. The summed E-state index contributed by atoms with van der Waals surface area (Å²) >= 11 is 0. The molecule has 0 atom stereocenters. The summed E-state index contributed by atoms with van der Waals surface area (Å²) in [4.78, 5) is 15.0. The van der Waals surface area contributed by atoms with Crippen molar-refractivity contribution in [1.82, 2.24) is 4.98 Å². The number of ether oxygens (including phenoxy) is 3. The van der Waals surface area contributed by atoms with Crippen molar-refractivity contribution >= 4 is 5.97 Å². The summed E-state index contributed by atoms with van der Waals surface area (Å²) in [7, 11) is 2.33. The van der Waals surface area contributed by atoms with Gasteiger partial charge in [0.05, 0.1) is 20.4 Å². The third-order valence-electron chi connectivity index (χ3n) is 2.07. The summed E-state index contributed by atoms with van der Waals surface area (Å²) < 4.78 is 49.3. The van der Waals surface area contributed by atoms with Crippen LogP contribution in [0.4, 0.5) is 13.2 Å². The number of carbonyl (C=O) groups is 1. The highest BCUT2D eigenvalue weighted by Gasteiger charge is 2.33. The van der Waals surface area contributed by atoms with Crippen LogP contribution < -0.4 is 9.47 Å².